The molecule has 0 fully saturated rings. The van der Waals surface area contributed by atoms with Crippen molar-refractivity contribution in [2.45, 2.75) is 41.8 Å². The number of hydrogen-bond acceptors (Lipinski definition) is 3. The number of anilines is 1. The molecule has 0 saturated carbocycles. The second-order valence-corrected chi connectivity index (χ2v) is 12.3. The van der Waals surface area contributed by atoms with Crippen LogP contribution in [0.3, 0.4) is 0 Å². The van der Waals surface area contributed by atoms with Gasteiger partial charge in [-0.15, -0.1) is 0 Å². The third-order valence-corrected chi connectivity index (χ3v) is 9.33. The Hall–Kier alpha value is -0.590. The molecule has 0 spiro atoms. The van der Waals surface area contributed by atoms with Gasteiger partial charge < -0.3 is 0 Å². The monoisotopic (exact) mass is 660 g/mol. The van der Waals surface area contributed by atoms with Crippen molar-refractivity contribution in [2.24, 2.45) is 5.92 Å². The van der Waals surface area contributed by atoms with Gasteiger partial charge in [0.1, 0.15) is 0 Å². The van der Waals surface area contributed by atoms with Crippen molar-refractivity contribution in [3.63, 3.8) is 0 Å². The zero-order valence-corrected chi connectivity index (χ0v) is 21.5. The minimum absolute atomic E-state index is 0.00987. The second kappa shape index (κ2) is 11.0. The first-order chi connectivity index (χ1) is 14.7. The van der Waals surface area contributed by atoms with E-state index in [0.717, 1.165) is 48.3 Å². The van der Waals surface area contributed by atoms with E-state index >= 15 is 0 Å². The molecule has 1 aliphatic heterocycles. The predicted molar refractivity (Wildman–Crippen MR) is 121 cm³/mol. The Morgan fingerprint density at radius 3 is 2.55 bits per heavy atom. The molecule has 0 bridgehead atoms. The van der Waals surface area contributed by atoms with Gasteiger partial charge in [0.05, 0.1) is 0 Å². The van der Waals surface area contributed by atoms with Gasteiger partial charge >= 0.3 is 206 Å². The van der Waals surface area contributed by atoms with E-state index in [1.165, 1.54) is 18.2 Å². The normalized spacial score (nSPS) is 22.1. The van der Waals surface area contributed by atoms with Gasteiger partial charge in [-0.05, 0) is 0 Å². The van der Waals surface area contributed by atoms with Crippen LogP contribution in [-0.4, -0.2) is 31.8 Å². The van der Waals surface area contributed by atoms with Gasteiger partial charge in [-0.1, -0.05) is 0 Å². The molecule has 31 heavy (non-hydrogen) atoms. The van der Waals surface area contributed by atoms with Gasteiger partial charge in [-0.25, -0.2) is 0 Å². The molecule has 1 heterocycles. The number of rotatable bonds is 9. The topological polar surface area (TPSA) is 52.5 Å². The van der Waals surface area contributed by atoms with Crippen molar-refractivity contribution in [3.8, 4) is 0 Å². The van der Waals surface area contributed by atoms with Gasteiger partial charge in [0.25, 0.3) is 0 Å². The molecule has 0 aromatic heterocycles. The Bertz CT molecular complexity index is 861. The summed E-state index contributed by atoms with van der Waals surface area (Å²) in [7, 11) is 0. The summed E-state index contributed by atoms with van der Waals surface area (Å²) in [5.41, 5.74) is 2.58. The molecule has 3 rings (SSSR count). The molecule has 1 aliphatic rings. The van der Waals surface area contributed by atoms with E-state index in [1.807, 2.05) is 6.92 Å². The van der Waals surface area contributed by atoms with Gasteiger partial charge in [0.2, 0.25) is 0 Å². The zero-order chi connectivity index (χ0) is 22.6. The number of alkyl halides is 5. The van der Waals surface area contributed by atoms with Gasteiger partial charge in [-0.2, -0.15) is 0 Å². The third kappa shape index (κ3) is 6.48. The van der Waals surface area contributed by atoms with Crippen LogP contribution in [0.5, 0.6) is 0 Å². The Balaban J connectivity index is 1.87. The predicted octanol–water partition coefficient (Wildman–Crippen LogP) is 2.42. The van der Waals surface area contributed by atoms with E-state index in [-0.39, 0.29) is 57.1 Å². The number of fused-ring (bicyclic) bond motifs is 1. The van der Waals surface area contributed by atoms with Crippen LogP contribution in [0, 0.1) is 11.7 Å². The number of aliphatic hydroxyl groups excluding tert-OH is 2. The van der Waals surface area contributed by atoms with Gasteiger partial charge in [-0.3, -0.25) is 0 Å². The Morgan fingerprint density at radius 2 is 1.90 bits per heavy atom. The van der Waals surface area contributed by atoms with Crippen LogP contribution in [0.4, 0.5) is 18.9 Å². The van der Waals surface area contributed by atoms with Crippen molar-refractivity contribution in [1.82, 2.24) is 0 Å². The Labute approximate surface area is 205 Å². The summed E-state index contributed by atoms with van der Waals surface area (Å²) < 4.78 is 39.9. The van der Waals surface area contributed by atoms with Crippen LogP contribution in [0.1, 0.15) is 48.4 Å². The average Bonchev–Trinajstić information content (AvgIpc) is 2.73. The van der Waals surface area contributed by atoms with Crippen molar-refractivity contribution in [1.29, 1.82) is 0 Å². The second-order valence-electron chi connectivity index (χ2n) is 7.91. The number of hydrogen-bond donors (Lipinski definition) is 3. The fourth-order valence-corrected chi connectivity index (χ4v) is 6.46. The van der Waals surface area contributed by atoms with E-state index in [2.05, 4.69) is 5.32 Å². The fourth-order valence-electron chi connectivity index (χ4n) is 4.18. The van der Waals surface area contributed by atoms with Crippen LogP contribution in [0.25, 0.3) is 0 Å². The molecule has 2 aromatic rings. The minimum atomic E-state index is -2.94. The quantitative estimate of drug-likeness (QED) is 0.220. The van der Waals surface area contributed by atoms with Gasteiger partial charge in [0.15, 0.2) is 0 Å². The molecule has 0 saturated heterocycles. The van der Waals surface area contributed by atoms with E-state index in [4.69, 9.17) is 5.11 Å². The molecule has 0 amide bonds. The zero-order valence-electron chi connectivity index (χ0n) is 17.2. The molecule has 3 N–H and O–H groups in total. The fraction of sp³-hybridized carbons (Fsp3) is 0.478. The molecule has 3 nitrogen and oxygen atoms in total. The van der Waals surface area contributed by atoms with Crippen molar-refractivity contribution >= 4 is 28.3 Å². The Kier molecular flexibility index (Phi) is 8.90. The number of aliphatic hydroxyl groups is 2. The van der Waals surface area contributed by atoms with Crippen LogP contribution in [0.2, 0.25) is 0 Å². The first-order valence-electron chi connectivity index (χ1n) is 10.3. The molecular weight excluding hydrogens is 633 g/mol. The van der Waals surface area contributed by atoms with E-state index in [0.29, 0.717) is 12.8 Å². The summed E-state index contributed by atoms with van der Waals surface area (Å²) >= 11 is 0.931. The molecule has 8 heteroatoms. The first-order valence-corrected chi connectivity index (χ1v) is 14.4. The van der Waals surface area contributed by atoms with Crippen LogP contribution < -0.4 is 26.5 Å². The first kappa shape index (κ1) is 25.0. The van der Waals surface area contributed by atoms with E-state index in [1.54, 1.807) is 24.3 Å². The molecule has 4 atom stereocenters. The summed E-state index contributed by atoms with van der Waals surface area (Å²) in [4.78, 5) is 0. The van der Waals surface area contributed by atoms with Crippen LogP contribution in [0.15, 0.2) is 42.5 Å². The Morgan fingerprint density at radius 1 is 1.19 bits per heavy atom. The molecule has 2 aromatic carbocycles. The molecule has 172 valence electrons. The summed E-state index contributed by atoms with van der Waals surface area (Å²) in [6, 6.07) is 11.0. The maximum atomic E-state index is 13.9. The SMILES string of the molecule is C[C@@H]1c2cc(C(F)(F)I)ccc2N[C@@H](c2ccc(F)cc2)[C@@H]1CC[C@@H](O)C[I-]CCO. The van der Waals surface area contributed by atoms with E-state index < -0.39 is 10.0 Å². The average molecular weight is 660 g/mol. The van der Waals surface area contributed by atoms with E-state index in [9.17, 15) is 18.3 Å². The van der Waals surface area contributed by atoms with Crippen molar-refractivity contribution in [2.75, 3.05) is 20.8 Å². The summed E-state index contributed by atoms with van der Waals surface area (Å²) in [6.45, 7) is 2.21. The van der Waals surface area contributed by atoms with Crippen LogP contribution >= 0.6 is 22.6 Å². The van der Waals surface area contributed by atoms with Crippen LogP contribution in [-0.2, 0) is 3.93 Å². The molecule has 0 radical (unpaired) electrons. The number of benzene rings is 2. The molecular formula is C23H27F3I2NO2-. The third-order valence-electron chi connectivity index (χ3n) is 5.82. The molecule has 0 aliphatic carbocycles. The summed E-state index contributed by atoms with van der Waals surface area (Å²) in [5.74, 6) is -0.257. The summed E-state index contributed by atoms with van der Waals surface area (Å²) in [6.07, 6.45) is 0.897. The summed E-state index contributed by atoms with van der Waals surface area (Å²) in [5, 5.41) is 22.9. The van der Waals surface area contributed by atoms with Crippen molar-refractivity contribution in [3.05, 3.63) is 65.0 Å². The maximum absolute atomic E-state index is 13.9. The molecule has 0 unspecified atom stereocenters. The number of halogens is 5. The van der Waals surface area contributed by atoms with Gasteiger partial charge in [0, 0.05) is 0 Å². The standard InChI is InChI=1S/C23H27F3I2NO2/c1-14-19(8-7-18(31)13-28-10-11-30)22(15-2-5-17(24)6-3-15)29-21-9-4-16(12-20(14)21)23(25,26)27/h2-6,9,12,14,18-19,22,29-31H,7-8,10-11,13H2,1H3/q-1/t14-,18+,19+,22-/m0/s1. The number of nitrogens with one attached hydrogen (secondary N) is 1. The van der Waals surface area contributed by atoms with Crippen molar-refractivity contribution < 1.29 is 44.6 Å².